The predicted molar refractivity (Wildman–Crippen MR) is 85.5 cm³/mol. The van der Waals surface area contributed by atoms with E-state index >= 15 is 0 Å². The largest absolute Gasteiger partial charge is 0.396 e. The van der Waals surface area contributed by atoms with Gasteiger partial charge in [-0.2, -0.15) is 0 Å². The highest BCUT2D eigenvalue weighted by atomic mass is 16.3. The number of hydrogen-bond acceptors (Lipinski definition) is 3. The first kappa shape index (κ1) is 16.0. The van der Waals surface area contributed by atoms with Gasteiger partial charge >= 0.3 is 0 Å². The minimum Gasteiger partial charge on any atom is -0.396 e. The van der Waals surface area contributed by atoms with Gasteiger partial charge in [-0.1, -0.05) is 6.07 Å². The Morgan fingerprint density at radius 1 is 1.33 bits per heavy atom. The van der Waals surface area contributed by atoms with Gasteiger partial charge in [0.1, 0.15) is 0 Å². The minimum absolute atomic E-state index is 0.0518. The van der Waals surface area contributed by atoms with E-state index in [2.05, 4.69) is 16.3 Å². The number of carbonyl (C=O) groups excluding carboxylic acids is 1. The third-order valence-electron chi connectivity index (χ3n) is 4.05. The number of rotatable bonds is 6. The maximum Gasteiger partial charge on any atom is 0.238 e. The zero-order valence-corrected chi connectivity index (χ0v) is 13.1. The van der Waals surface area contributed by atoms with Crippen molar-refractivity contribution in [2.24, 2.45) is 0 Å². The average molecular weight is 290 g/mol. The number of anilines is 1. The molecule has 0 aliphatic carbocycles. The van der Waals surface area contributed by atoms with Crippen LogP contribution >= 0.6 is 0 Å². The molecule has 1 aromatic rings. The molecule has 1 unspecified atom stereocenters. The number of nitrogens with one attached hydrogen (secondary N) is 1. The van der Waals surface area contributed by atoms with E-state index in [9.17, 15) is 4.79 Å². The molecular formula is C17H26N2O2. The molecule has 1 saturated heterocycles. The van der Waals surface area contributed by atoms with E-state index in [1.165, 1.54) is 0 Å². The summed E-state index contributed by atoms with van der Waals surface area (Å²) in [5.74, 6) is 0.0518. The van der Waals surface area contributed by atoms with Gasteiger partial charge in [0.05, 0.1) is 6.54 Å². The smallest absolute Gasteiger partial charge is 0.238 e. The molecule has 0 aromatic heterocycles. The van der Waals surface area contributed by atoms with Crippen molar-refractivity contribution in [3.63, 3.8) is 0 Å². The van der Waals surface area contributed by atoms with Gasteiger partial charge in [-0.15, -0.1) is 0 Å². The van der Waals surface area contributed by atoms with E-state index in [4.69, 9.17) is 5.11 Å². The second-order valence-corrected chi connectivity index (χ2v) is 6.06. The van der Waals surface area contributed by atoms with E-state index in [0.717, 1.165) is 49.0 Å². The van der Waals surface area contributed by atoms with Crippen LogP contribution in [0.2, 0.25) is 0 Å². The van der Waals surface area contributed by atoms with Gasteiger partial charge < -0.3 is 10.4 Å². The second kappa shape index (κ2) is 7.57. The van der Waals surface area contributed by atoms with Crippen molar-refractivity contribution >= 4 is 11.6 Å². The van der Waals surface area contributed by atoms with Crippen LogP contribution in [-0.2, 0) is 4.79 Å². The zero-order chi connectivity index (χ0) is 15.2. The molecule has 1 fully saturated rings. The molecule has 1 heterocycles. The lowest BCUT2D eigenvalue weighted by atomic mass is 10.1. The molecule has 4 nitrogen and oxygen atoms in total. The van der Waals surface area contributed by atoms with Crippen molar-refractivity contribution in [1.29, 1.82) is 0 Å². The fourth-order valence-corrected chi connectivity index (χ4v) is 3.19. The number of hydrogen-bond donors (Lipinski definition) is 2. The Labute approximate surface area is 127 Å². The number of amides is 1. The van der Waals surface area contributed by atoms with Crippen molar-refractivity contribution in [2.75, 3.05) is 25.0 Å². The predicted octanol–water partition coefficient (Wildman–Crippen LogP) is 2.48. The van der Waals surface area contributed by atoms with E-state index < -0.39 is 0 Å². The highest BCUT2D eigenvalue weighted by Crippen LogP contribution is 2.21. The Balaban J connectivity index is 1.88. The number of aryl methyl sites for hydroxylation is 2. The standard InChI is InChI=1S/C17H26N2O2/c1-13-9-14(2)11-15(10-13)18-17(21)12-19-7-3-5-16(19)6-4-8-20/h9-11,16,20H,3-8,12H2,1-2H3,(H,18,21). The molecule has 1 aliphatic heterocycles. The highest BCUT2D eigenvalue weighted by molar-refractivity contribution is 5.92. The van der Waals surface area contributed by atoms with Gasteiger partial charge in [0.25, 0.3) is 0 Å². The Morgan fingerprint density at radius 2 is 2.05 bits per heavy atom. The summed E-state index contributed by atoms with van der Waals surface area (Å²) in [7, 11) is 0. The number of nitrogens with zero attached hydrogens (tertiary/aromatic N) is 1. The molecule has 1 amide bonds. The third kappa shape index (κ3) is 4.83. The van der Waals surface area contributed by atoms with Crippen LogP contribution in [-0.4, -0.2) is 41.7 Å². The maximum absolute atomic E-state index is 12.2. The number of aliphatic hydroxyl groups is 1. The van der Waals surface area contributed by atoms with E-state index in [0.29, 0.717) is 12.6 Å². The summed E-state index contributed by atoms with van der Waals surface area (Å²) in [6.45, 7) is 5.74. The van der Waals surface area contributed by atoms with Gasteiger partial charge in [-0.05, 0) is 69.3 Å². The first-order valence-corrected chi connectivity index (χ1v) is 7.81. The van der Waals surface area contributed by atoms with Crippen LogP contribution in [0.5, 0.6) is 0 Å². The summed E-state index contributed by atoms with van der Waals surface area (Å²) >= 11 is 0. The van der Waals surface area contributed by atoms with Gasteiger partial charge in [-0.3, -0.25) is 9.69 Å². The Kier molecular flexibility index (Phi) is 5.76. The monoisotopic (exact) mass is 290 g/mol. The fraction of sp³-hybridized carbons (Fsp3) is 0.588. The molecule has 1 atom stereocenters. The van der Waals surface area contributed by atoms with Crippen LogP contribution in [0.25, 0.3) is 0 Å². The Hall–Kier alpha value is -1.39. The first-order chi connectivity index (χ1) is 10.1. The van der Waals surface area contributed by atoms with Crippen molar-refractivity contribution in [2.45, 2.75) is 45.6 Å². The van der Waals surface area contributed by atoms with Crippen molar-refractivity contribution in [3.8, 4) is 0 Å². The van der Waals surface area contributed by atoms with Crippen LogP contribution < -0.4 is 5.32 Å². The number of carbonyl (C=O) groups is 1. The van der Waals surface area contributed by atoms with Crippen LogP contribution in [0, 0.1) is 13.8 Å². The lowest BCUT2D eigenvalue weighted by molar-refractivity contribution is -0.117. The van der Waals surface area contributed by atoms with Crippen molar-refractivity contribution in [1.82, 2.24) is 4.90 Å². The summed E-state index contributed by atoms with van der Waals surface area (Å²) in [5.41, 5.74) is 3.20. The molecule has 21 heavy (non-hydrogen) atoms. The molecule has 2 rings (SSSR count). The zero-order valence-electron chi connectivity index (χ0n) is 13.1. The summed E-state index contributed by atoms with van der Waals surface area (Å²) in [4.78, 5) is 14.5. The lowest BCUT2D eigenvalue weighted by Crippen LogP contribution is -2.36. The van der Waals surface area contributed by atoms with Gasteiger partial charge in [0.2, 0.25) is 5.91 Å². The van der Waals surface area contributed by atoms with Crippen LogP contribution in [0.4, 0.5) is 5.69 Å². The van der Waals surface area contributed by atoms with E-state index in [1.54, 1.807) is 0 Å². The molecule has 0 radical (unpaired) electrons. The molecule has 2 N–H and O–H groups in total. The van der Waals surface area contributed by atoms with Crippen molar-refractivity contribution in [3.05, 3.63) is 29.3 Å². The number of benzene rings is 1. The van der Waals surface area contributed by atoms with Crippen LogP contribution in [0.1, 0.15) is 36.8 Å². The Morgan fingerprint density at radius 3 is 2.71 bits per heavy atom. The molecule has 0 spiro atoms. The average Bonchev–Trinajstić information content (AvgIpc) is 2.82. The van der Waals surface area contributed by atoms with E-state index in [-0.39, 0.29) is 12.5 Å². The van der Waals surface area contributed by atoms with Gasteiger partial charge in [0.15, 0.2) is 0 Å². The fourth-order valence-electron chi connectivity index (χ4n) is 3.19. The van der Waals surface area contributed by atoms with Gasteiger partial charge in [-0.25, -0.2) is 0 Å². The molecule has 116 valence electrons. The second-order valence-electron chi connectivity index (χ2n) is 6.06. The molecule has 0 saturated carbocycles. The first-order valence-electron chi connectivity index (χ1n) is 7.81. The highest BCUT2D eigenvalue weighted by Gasteiger charge is 2.25. The number of likely N-dealkylation sites (tertiary alicyclic amines) is 1. The maximum atomic E-state index is 12.2. The normalized spacial score (nSPS) is 18.9. The quantitative estimate of drug-likeness (QED) is 0.846. The summed E-state index contributed by atoms with van der Waals surface area (Å²) in [5, 5.41) is 11.9. The van der Waals surface area contributed by atoms with Crippen molar-refractivity contribution < 1.29 is 9.90 Å². The van der Waals surface area contributed by atoms with Gasteiger partial charge in [0, 0.05) is 18.3 Å². The van der Waals surface area contributed by atoms with E-state index in [1.807, 2.05) is 26.0 Å². The molecule has 0 bridgehead atoms. The Bertz CT molecular complexity index is 467. The molecule has 4 heteroatoms. The lowest BCUT2D eigenvalue weighted by Gasteiger charge is -2.23. The summed E-state index contributed by atoms with van der Waals surface area (Å²) in [6, 6.07) is 6.54. The molecule has 1 aliphatic rings. The minimum atomic E-state index is 0.0518. The molecule has 1 aromatic carbocycles. The number of aliphatic hydroxyl groups excluding tert-OH is 1. The molecular weight excluding hydrogens is 264 g/mol. The summed E-state index contributed by atoms with van der Waals surface area (Å²) in [6.07, 6.45) is 4.08. The third-order valence-corrected chi connectivity index (χ3v) is 4.05. The van der Waals surface area contributed by atoms with Crippen LogP contribution in [0.3, 0.4) is 0 Å². The summed E-state index contributed by atoms with van der Waals surface area (Å²) < 4.78 is 0. The topological polar surface area (TPSA) is 52.6 Å². The SMILES string of the molecule is Cc1cc(C)cc(NC(=O)CN2CCCC2CCCO)c1. The van der Waals surface area contributed by atoms with Crippen LogP contribution in [0.15, 0.2) is 18.2 Å².